The number of benzene rings is 1. The van der Waals surface area contributed by atoms with Crippen LogP contribution in [0.2, 0.25) is 0 Å². The lowest BCUT2D eigenvalue weighted by atomic mass is 10.1. The van der Waals surface area contributed by atoms with Crippen molar-refractivity contribution >= 4 is 0 Å². The topological polar surface area (TPSA) is 73.8 Å². The molecule has 2 aromatic rings. The molecule has 2 rings (SSSR count). The van der Waals surface area contributed by atoms with Gasteiger partial charge in [-0.1, -0.05) is 12.1 Å². The van der Waals surface area contributed by atoms with Gasteiger partial charge in [-0.15, -0.1) is 0 Å². The number of aromatic hydroxyl groups is 1. The Morgan fingerprint density at radius 3 is 2.74 bits per heavy atom. The summed E-state index contributed by atoms with van der Waals surface area (Å²) in [6, 6.07) is 7.86. The highest BCUT2D eigenvalue weighted by Gasteiger charge is 2.03. The minimum atomic E-state index is 0.321. The monoisotopic (exact) mass is 260 g/mol. The molecule has 102 valence electrons. The summed E-state index contributed by atoms with van der Waals surface area (Å²) in [5.74, 6) is 1.24. The fraction of sp³-hybridized carbons (Fsp3) is 0.429. The zero-order valence-electron chi connectivity index (χ0n) is 11.1. The van der Waals surface area contributed by atoms with Gasteiger partial charge in [-0.2, -0.15) is 5.10 Å². The van der Waals surface area contributed by atoms with Gasteiger partial charge in [-0.05, 0) is 37.5 Å². The Hall–Kier alpha value is -1.88. The average molecular weight is 260 g/mol. The van der Waals surface area contributed by atoms with Crippen molar-refractivity contribution < 1.29 is 5.11 Å². The Kier molecular flexibility index (Phi) is 4.92. The number of H-pyrrole nitrogens is 1. The molecule has 1 heterocycles. The number of nitrogens with one attached hydrogen (secondary N) is 2. The molecule has 0 aliphatic carbocycles. The van der Waals surface area contributed by atoms with Crippen molar-refractivity contribution in [1.29, 1.82) is 0 Å². The second-order valence-corrected chi connectivity index (χ2v) is 4.74. The van der Waals surface area contributed by atoms with Crippen LogP contribution in [0.3, 0.4) is 0 Å². The first kappa shape index (κ1) is 13.5. The fourth-order valence-corrected chi connectivity index (χ4v) is 1.94. The number of phenols is 1. The van der Waals surface area contributed by atoms with Gasteiger partial charge in [0.15, 0.2) is 0 Å². The lowest BCUT2D eigenvalue weighted by Crippen LogP contribution is -2.28. The van der Waals surface area contributed by atoms with Crippen LogP contribution in [0.15, 0.2) is 30.6 Å². The van der Waals surface area contributed by atoms with Crippen molar-refractivity contribution in [3.05, 3.63) is 42.0 Å². The zero-order chi connectivity index (χ0) is 13.5. The number of rotatable bonds is 7. The number of aromatic amines is 1. The Labute approximate surface area is 113 Å². The molecule has 3 N–H and O–H groups in total. The van der Waals surface area contributed by atoms with Gasteiger partial charge in [0.05, 0.1) is 0 Å². The number of phenolic OH excluding ortho intramolecular Hbond substituents is 1. The van der Waals surface area contributed by atoms with Crippen LogP contribution in [0, 0.1) is 0 Å². The Bertz CT molecular complexity index is 467. The molecule has 0 amide bonds. The molecule has 1 aromatic heterocycles. The molecule has 19 heavy (non-hydrogen) atoms. The smallest absolute Gasteiger partial charge is 0.137 e. The molecule has 0 aliphatic heterocycles. The maximum atomic E-state index is 9.21. The number of hydrogen-bond acceptors (Lipinski definition) is 4. The van der Waals surface area contributed by atoms with Crippen molar-refractivity contribution in [2.45, 2.75) is 32.2 Å². The number of hydrogen-bond donors (Lipinski definition) is 3. The summed E-state index contributed by atoms with van der Waals surface area (Å²) < 4.78 is 0. The van der Waals surface area contributed by atoms with E-state index in [9.17, 15) is 5.11 Å². The molecular weight excluding hydrogens is 240 g/mol. The van der Waals surface area contributed by atoms with E-state index in [-0.39, 0.29) is 0 Å². The van der Waals surface area contributed by atoms with E-state index in [0.29, 0.717) is 11.8 Å². The van der Waals surface area contributed by atoms with Crippen LogP contribution in [0.1, 0.15) is 24.7 Å². The fourth-order valence-electron chi connectivity index (χ4n) is 1.94. The first-order valence-corrected chi connectivity index (χ1v) is 6.59. The third kappa shape index (κ3) is 4.71. The van der Waals surface area contributed by atoms with Crippen molar-refractivity contribution in [1.82, 2.24) is 20.5 Å². The first-order chi connectivity index (χ1) is 9.24. The quantitative estimate of drug-likeness (QED) is 0.708. The van der Waals surface area contributed by atoms with Crippen LogP contribution in [0.4, 0.5) is 0 Å². The minimum absolute atomic E-state index is 0.321. The van der Waals surface area contributed by atoms with E-state index >= 15 is 0 Å². The summed E-state index contributed by atoms with van der Waals surface area (Å²) >= 11 is 0. The summed E-state index contributed by atoms with van der Waals surface area (Å²) in [7, 11) is 0. The second-order valence-electron chi connectivity index (χ2n) is 4.74. The SMILES string of the molecule is CC(CCc1ccc(O)cc1)NCCc1ncn[nH]1. The Morgan fingerprint density at radius 1 is 1.26 bits per heavy atom. The zero-order valence-corrected chi connectivity index (χ0v) is 11.1. The molecule has 1 aromatic carbocycles. The van der Waals surface area contributed by atoms with Gasteiger partial charge in [-0.25, -0.2) is 4.98 Å². The van der Waals surface area contributed by atoms with Gasteiger partial charge in [0, 0.05) is 19.0 Å². The standard InChI is InChI=1S/C14H20N4O/c1-11(15-9-8-14-16-10-17-18-14)2-3-12-4-6-13(19)7-5-12/h4-7,10-11,15,19H,2-3,8-9H2,1H3,(H,16,17,18). The molecule has 0 saturated carbocycles. The Balaban J connectivity index is 1.64. The third-order valence-electron chi connectivity index (χ3n) is 3.12. The predicted octanol–water partition coefficient (Wildman–Crippen LogP) is 1.66. The van der Waals surface area contributed by atoms with Crippen molar-refractivity contribution in [2.75, 3.05) is 6.54 Å². The maximum Gasteiger partial charge on any atom is 0.137 e. The summed E-state index contributed by atoms with van der Waals surface area (Å²) in [4.78, 5) is 4.08. The highest BCUT2D eigenvalue weighted by Crippen LogP contribution is 2.11. The van der Waals surface area contributed by atoms with Gasteiger partial charge >= 0.3 is 0 Å². The minimum Gasteiger partial charge on any atom is -0.508 e. The second kappa shape index (κ2) is 6.89. The summed E-state index contributed by atoms with van der Waals surface area (Å²) in [5, 5.41) is 19.3. The highest BCUT2D eigenvalue weighted by molar-refractivity contribution is 5.25. The highest BCUT2D eigenvalue weighted by atomic mass is 16.3. The maximum absolute atomic E-state index is 9.21. The Morgan fingerprint density at radius 2 is 2.05 bits per heavy atom. The number of aryl methyl sites for hydroxylation is 1. The first-order valence-electron chi connectivity index (χ1n) is 6.59. The molecule has 0 aliphatic rings. The molecule has 0 bridgehead atoms. The van der Waals surface area contributed by atoms with E-state index < -0.39 is 0 Å². The molecule has 5 nitrogen and oxygen atoms in total. The number of aromatic nitrogens is 3. The lowest BCUT2D eigenvalue weighted by Gasteiger charge is -2.13. The van der Waals surface area contributed by atoms with Crippen LogP contribution < -0.4 is 5.32 Å². The molecule has 0 radical (unpaired) electrons. The van der Waals surface area contributed by atoms with Crippen molar-refractivity contribution in [3.63, 3.8) is 0 Å². The van der Waals surface area contributed by atoms with Crippen LogP contribution >= 0.6 is 0 Å². The van der Waals surface area contributed by atoms with E-state index in [0.717, 1.165) is 31.6 Å². The molecule has 5 heteroatoms. The van der Waals surface area contributed by atoms with Crippen LogP contribution in [0.5, 0.6) is 5.75 Å². The van der Waals surface area contributed by atoms with Crippen molar-refractivity contribution in [2.24, 2.45) is 0 Å². The largest absolute Gasteiger partial charge is 0.508 e. The molecule has 0 fully saturated rings. The summed E-state index contributed by atoms with van der Waals surface area (Å²) in [5.41, 5.74) is 1.25. The van der Waals surface area contributed by atoms with Crippen molar-refractivity contribution in [3.8, 4) is 5.75 Å². The van der Waals surface area contributed by atoms with E-state index in [1.165, 1.54) is 11.9 Å². The van der Waals surface area contributed by atoms with Gasteiger partial charge in [0.2, 0.25) is 0 Å². The molecule has 0 saturated heterocycles. The van der Waals surface area contributed by atoms with E-state index in [4.69, 9.17) is 0 Å². The predicted molar refractivity (Wildman–Crippen MR) is 74.0 cm³/mol. The van der Waals surface area contributed by atoms with Crippen LogP contribution in [-0.4, -0.2) is 32.9 Å². The molecule has 0 spiro atoms. The molecular formula is C14H20N4O. The molecule has 1 unspecified atom stereocenters. The lowest BCUT2D eigenvalue weighted by molar-refractivity contribution is 0.474. The van der Waals surface area contributed by atoms with Crippen LogP contribution in [-0.2, 0) is 12.8 Å². The van der Waals surface area contributed by atoms with Gasteiger partial charge in [0.1, 0.15) is 17.9 Å². The molecule has 1 atom stereocenters. The summed E-state index contributed by atoms with van der Waals surface area (Å²) in [6.45, 7) is 3.08. The van der Waals surface area contributed by atoms with E-state index in [1.807, 2.05) is 12.1 Å². The number of nitrogens with zero attached hydrogens (tertiary/aromatic N) is 2. The van der Waals surface area contributed by atoms with E-state index in [2.05, 4.69) is 27.4 Å². The summed E-state index contributed by atoms with van der Waals surface area (Å²) in [6.07, 6.45) is 4.48. The van der Waals surface area contributed by atoms with Crippen LogP contribution in [0.25, 0.3) is 0 Å². The van der Waals surface area contributed by atoms with Gasteiger partial charge in [-0.3, -0.25) is 5.10 Å². The van der Waals surface area contributed by atoms with Gasteiger partial charge < -0.3 is 10.4 Å². The average Bonchev–Trinajstić information content (AvgIpc) is 2.91. The third-order valence-corrected chi connectivity index (χ3v) is 3.12. The normalized spacial score (nSPS) is 12.5. The van der Waals surface area contributed by atoms with E-state index in [1.54, 1.807) is 12.1 Å². The van der Waals surface area contributed by atoms with Gasteiger partial charge in [0.25, 0.3) is 0 Å².